The van der Waals surface area contributed by atoms with E-state index in [9.17, 15) is 4.79 Å². The Labute approximate surface area is 113 Å². The molecule has 0 saturated carbocycles. The van der Waals surface area contributed by atoms with Crippen molar-refractivity contribution >= 4 is 5.91 Å². The van der Waals surface area contributed by atoms with Crippen LogP contribution in [0.2, 0.25) is 0 Å². The number of amides is 1. The van der Waals surface area contributed by atoms with E-state index in [0.717, 1.165) is 6.42 Å². The van der Waals surface area contributed by atoms with E-state index < -0.39 is 0 Å². The van der Waals surface area contributed by atoms with Gasteiger partial charge in [0.05, 0.1) is 25.9 Å². The van der Waals surface area contributed by atoms with Gasteiger partial charge in [-0.05, 0) is 18.6 Å². The summed E-state index contributed by atoms with van der Waals surface area (Å²) in [4.78, 5) is 13.9. The molecule has 102 valence electrons. The minimum atomic E-state index is -0.206. The SMILES string of the molecule is CCCN(CC#N)C(=O)c1ccc(OC)cc1OC. The fourth-order valence-electron chi connectivity index (χ4n) is 1.75. The second kappa shape index (κ2) is 7.27. The quantitative estimate of drug-likeness (QED) is 0.736. The van der Waals surface area contributed by atoms with Crippen LogP contribution in [-0.2, 0) is 0 Å². The highest BCUT2D eigenvalue weighted by Gasteiger charge is 2.19. The van der Waals surface area contributed by atoms with Crippen molar-refractivity contribution in [1.82, 2.24) is 4.90 Å². The zero-order chi connectivity index (χ0) is 14.3. The van der Waals surface area contributed by atoms with Crippen molar-refractivity contribution in [2.24, 2.45) is 0 Å². The van der Waals surface area contributed by atoms with Gasteiger partial charge < -0.3 is 14.4 Å². The third-order valence-corrected chi connectivity index (χ3v) is 2.68. The van der Waals surface area contributed by atoms with Crippen LogP contribution in [0.1, 0.15) is 23.7 Å². The van der Waals surface area contributed by atoms with Gasteiger partial charge in [-0.15, -0.1) is 0 Å². The Morgan fingerprint density at radius 1 is 1.37 bits per heavy atom. The van der Waals surface area contributed by atoms with Crippen LogP contribution in [0.3, 0.4) is 0 Å². The molecular formula is C14H18N2O3. The molecule has 0 saturated heterocycles. The number of methoxy groups -OCH3 is 2. The molecule has 0 aromatic heterocycles. The van der Waals surface area contributed by atoms with Gasteiger partial charge in [-0.1, -0.05) is 6.92 Å². The molecule has 0 fully saturated rings. The second-order valence-electron chi connectivity index (χ2n) is 3.95. The van der Waals surface area contributed by atoms with Crippen molar-refractivity contribution in [3.8, 4) is 17.6 Å². The Hall–Kier alpha value is -2.22. The number of ether oxygens (including phenoxy) is 2. The van der Waals surface area contributed by atoms with Crippen molar-refractivity contribution in [3.05, 3.63) is 23.8 Å². The molecule has 0 heterocycles. The Kier molecular flexibility index (Phi) is 5.68. The van der Waals surface area contributed by atoms with Gasteiger partial charge in [0.15, 0.2) is 0 Å². The van der Waals surface area contributed by atoms with Crippen molar-refractivity contribution in [2.75, 3.05) is 27.3 Å². The van der Waals surface area contributed by atoms with Gasteiger partial charge in [-0.25, -0.2) is 0 Å². The first kappa shape index (κ1) is 14.8. The molecular weight excluding hydrogens is 244 g/mol. The molecule has 0 bridgehead atoms. The maximum absolute atomic E-state index is 12.4. The summed E-state index contributed by atoms with van der Waals surface area (Å²) in [5.41, 5.74) is 0.437. The summed E-state index contributed by atoms with van der Waals surface area (Å²) in [7, 11) is 3.05. The number of carbonyl (C=O) groups is 1. The van der Waals surface area contributed by atoms with Crippen LogP contribution in [0.5, 0.6) is 11.5 Å². The monoisotopic (exact) mass is 262 g/mol. The third kappa shape index (κ3) is 3.62. The average molecular weight is 262 g/mol. The maximum Gasteiger partial charge on any atom is 0.258 e. The van der Waals surface area contributed by atoms with Crippen LogP contribution >= 0.6 is 0 Å². The number of benzene rings is 1. The minimum Gasteiger partial charge on any atom is -0.497 e. The summed E-state index contributed by atoms with van der Waals surface area (Å²) in [6.45, 7) is 2.58. The molecule has 1 aromatic carbocycles. The fourth-order valence-corrected chi connectivity index (χ4v) is 1.75. The fraction of sp³-hybridized carbons (Fsp3) is 0.429. The van der Waals surface area contributed by atoms with Crippen LogP contribution in [-0.4, -0.2) is 38.1 Å². The lowest BCUT2D eigenvalue weighted by Crippen LogP contribution is -2.32. The van der Waals surface area contributed by atoms with Gasteiger partial charge in [0.25, 0.3) is 5.91 Å². The van der Waals surface area contributed by atoms with E-state index in [0.29, 0.717) is 23.6 Å². The first-order valence-corrected chi connectivity index (χ1v) is 6.06. The largest absolute Gasteiger partial charge is 0.497 e. The first-order valence-electron chi connectivity index (χ1n) is 6.06. The molecule has 0 spiro atoms. The van der Waals surface area contributed by atoms with Gasteiger partial charge in [-0.2, -0.15) is 5.26 Å². The summed E-state index contributed by atoms with van der Waals surface area (Å²) in [5.74, 6) is 0.863. The Balaban J connectivity index is 3.06. The van der Waals surface area contributed by atoms with E-state index in [4.69, 9.17) is 14.7 Å². The van der Waals surface area contributed by atoms with Crippen LogP contribution < -0.4 is 9.47 Å². The number of nitriles is 1. The highest BCUT2D eigenvalue weighted by atomic mass is 16.5. The normalized spacial score (nSPS) is 9.58. The van der Waals surface area contributed by atoms with Crippen molar-refractivity contribution < 1.29 is 14.3 Å². The number of carbonyl (C=O) groups excluding carboxylic acids is 1. The van der Waals surface area contributed by atoms with Gasteiger partial charge in [0.2, 0.25) is 0 Å². The lowest BCUT2D eigenvalue weighted by atomic mass is 10.1. The zero-order valence-corrected chi connectivity index (χ0v) is 11.5. The van der Waals surface area contributed by atoms with Crippen LogP contribution in [0.25, 0.3) is 0 Å². The highest BCUT2D eigenvalue weighted by molar-refractivity contribution is 5.97. The minimum absolute atomic E-state index is 0.0713. The number of hydrogen-bond donors (Lipinski definition) is 0. The standard InChI is InChI=1S/C14H18N2O3/c1-4-8-16(9-7-15)14(17)12-6-5-11(18-2)10-13(12)19-3/h5-6,10H,4,8-9H2,1-3H3. The van der Waals surface area contributed by atoms with E-state index >= 15 is 0 Å². The maximum atomic E-state index is 12.4. The first-order chi connectivity index (χ1) is 9.17. The Morgan fingerprint density at radius 2 is 2.11 bits per heavy atom. The average Bonchev–Trinajstić information content (AvgIpc) is 2.45. The Morgan fingerprint density at radius 3 is 2.63 bits per heavy atom. The summed E-state index contributed by atoms with van der Waals surface area (Å²) in [6.07, 6.45) is 0.798. The summed E-state index contributed by atoms with van der Waals surface area (Å²) < 4.78 is 10.3. The number of rotatable bonds is 6. The van der Waals surface area contributed by atoms with E-state index in [1.807, 2.05) is 13.0 Å². The van der Waals surface area contributed by atoms with E-state index in [2.05, 4.69) is 0 Å². The van der Waals surface area contributed by atoms with Gasteiger partial charge >= 0.3 is 0 Å². The van der Waals surface area contributed by atoms with E-state index in [1.54, 1.807) is 25.3 Å². The van der Waals surface area contributed by atoms with Crippen molar-refractivity contribution in [3.63, 3.8) is 0 Å². The lowest BCUT2D eigenvalue weighted by molar-refractivity contribution is 0.0772. The van der Waals surface area contributed by atoms with Crippen LogP contribution in [0.15, 0.2) is 18.2 Å². The molecule has 0 aliphatic heterocycles. The van der Waals surface area contributed by atoms with Gasteiger partial charge in [0.1, 0.15) is 18.0 Å². The topological polar surface area (TPSA) is 62.6 Å². The smallest absolute Gasteiger partial charge is 0.258 e. The molecule has 5 heteroatoms. The highest BCUT2D eigenvalue weighted by Crippen LogP contribution is 2.25. The molecule has 5 nitrogen and oxygen atoms in total. The summed E-state index contributed by atoms with van der Waals surface area (Å²) in [5, 5.41) is 8.77. The molecule has 0 N–H and O–H groups in total. The van der Waals surface area contributed by atoms with E-state index in [1.165, 1.54) is 12.0 Å². The Bertz CT molecular complexity index is 480. The molecule has 0 aliphatic carbocycles. The molecule has 1 rings (SSSR count). The van der Waals surface area contributed by atoms with E-state index in [-0.39, 0.29) is 12.5 Å². The summed E-state index contributed by atoms with van der Waals surface area (Å²) >= 11 is 0. The zero-order valence-electron chi connectivity index (χ0n) is 11.5. The van der Waals surface area contributed by atoms with Crippen molar-refractivity contribution in [1.29, 1.82) is 5.26 Å². The van der Waals surface area contributed by atoms with Crippen molar-refractivity contribution in [2.45, 2.75) is 13.3 Å². The molecule has 0 unspecified atom stereocenters. The van der Waals surface area contributed by atoms with Crippen LogP contribution in [0, 0.1) is 11.3 Å². The van der Waals surface area contributed by atoms with Crippen LogP contribution in [0.4, 0.5) is 0 Å². The molecule has 1 amide bonds. The van der Waals surface area contributed by atoms with Gasteiger partial charge in [0, 0.05) is 12.6 Å². The molecule has 19 heavy (non-hydrogen) atoms. The van der Waals surface area contributed by atoms with Gasteiger partial charge in [-0.3, -0.25) is 4.79 Å². The predicted octanol–water partition coefficient (Wildman–Crippen LogP) is 2.08. The lowest BCUT2D eigenvalue weighted by Gasteiger charge is -2.20. The molecule has 0 atom stereocenters. The number of hydrogen-bond acceptors (Lipinski definition) is 4. The second-order valence-corrected chi connectivity index (χ2v) is 3.95. The predicted molar refractivity (Wildman–Crippen MR) is 71.4 cm³/mol. The number of nitrogens with zero attached hydrogens (tertiary/aromatic N) is 2. The molecule has 0 aliphatic rings. The third-order valence-electron chi connectivity index (χ3n) is 2.68. The molecule has 0 radical (unpaired) electrons. The molecule has 1 aromatic rings. The summed E-state index contributed by atoms with van der Waals surface area (Å²) in [6, 6.07) is 7.01.